The van der Waals surface area contributed by atoms with Crippen molar-refractivity contribution < 1.29 is 9.32 Å². The first kappa shape index (κ1) is 17.3. The van der Waals surface area contributed by atoms with Crippen LogP contribution in [0.5, 0.6) is 0 Å². The van der Waals surface area contributed by atoms with Crippen LogP contribution in [0.1, 0.15) is 41.8 Å². The number of aryl methyl sites for hydroxylation is 1. The summed E-state index contributed by atoms with van der Waals surface area (Å²) in [6, 6.07) is 10.5. The van der Waals surface area contributed by atoms with Gasteiger partial charge in [0.2, 0.25) is 5.91 Å². The van der Waals surface area contributed by atoms with E-state index in [4.69, 9.17) is 4.52 Å². The van der Waals surface area contributed by atoms with Crippen molar-refractivity contribution in [2.75, 3.05) is 19.6 Å². The molecule has 2 aromatic rings. The summed E-state index contributed by atoms with van der Waals surface area (Å²) < 4.78 is 5.15. The van der Waals surface area contributed by atoms with Gasteiger partial charge in [-0.2, -0.15) is 0 Å². The highest BCUT2D eigenvalue weighted by atomic mass is 16.5. The van der Waals surface area contributed by atoms with Crippen molar-refractivity contribution in [3.8, 4) is 0 Å². The van der Waals surface area contributed by atoms with Crippen LogP contribution in [0.15, 0.2) is 34.9 Å². The van der Waals surface area contributed by atoms with Gasteiger partial charge in [0.1, 0.15) is 5.76 Å². The third kappa shape index (κ3) is 3.98. The van der Waals surface area contributed by atoms with E-state index in [9.17, 15) is 4.79 Å². The zero-order chi connectivity index (χ0) is 17.9. The van der Waals surface area contributed by atoms with Crippen LogP contribution in [-0.4, -0.2) is 40.5 Å². The molecule has 0 N–H and O–H groups in total. The molecule has 0 atom stereocenters. The van der Waals surface area contributed by atoms with Crippen molar-refractivity contribution in [1.82, 2.24) is 15.0 Å². The molecular weight excluding hydrogens is 326 g/mol. The second kappa shape index (κ2) is 7.62. The highest BCUT2D eigenvalue weighted by molar-refractivity contribution is 5.76. The predicted molar refractivity (Wildman–Crippen MR) is 99.4 cm³/mol. The van der Waals surface area contributed by atoms with Gasteiger partial charge >= 0.3 is 0 Å². The predicted octanol–water partition coefficient (Wildman–Crippen LogP) is 3.17. The van der Waals surface area contributed by atoms with Crippen LogP contribution in [-0.2, 0) is 24.3 Å². The van der Waals surface area contributed by atoms with E-state index in [2.05, 4.69) is 34.3 Å². The lowest BCUT2D eigenvalue weighted by Gasteiger charge is -2.33. The van der Waals surface area contributed by atoms with Gasteiger partial charge in [0, 0.05) is 32.1 Å². The Labute approximate surface area is 155 Å². The second-order valence-electron chi connectivity index (χ2n) is 7.69. The van der Waals surface area contributed by atoms with Crippen molar-refractivity contribution in [1.29, 1.82) is 0 Å². The molecule has 1 fully saturated rings. The van der Waals surface area contributed by atoms with Gasteiger partial charge in [-0.05, 0) is 56.3 Å². The fraction of sp³-hybridized carbons (Fsp3) is 0.524. The second-order valence-corrected chi connectivity index (χ2v) is 7.69. The van der Waals surface area contributed by atoms with Gasteiger partial charge in [-0.1, -0.05) is 29.4 Å². The van der Waals surface area contributed by atoms with E-state index in [1.807, 2.05) is 17.9 Å². The van der Waals surface area contributed by atoms with E-state index in [1.54, 1.807) is 0 Å². The summed E-state index contributed by atoms with van der Waals surface area (Å²) in [7, 11) is 0. The Balaban J connectivity index is 1.25. The average molecular weight is 353 g/mol. The lowest BCUT2D eigenvalue weighted by molar-refractivity contribution is -0.133. The maximum atomic E-state index is 12.7. The first-order valence-electron chi connectivity index (χ1n) is 9.66. The molecule has 2 aliphatic rings. The molecular formula is C21H27N3O2. The van der Waals surface area contributed by atoms with Crippen molar-refractivity contribution in [2.45, 2.75) is 45.7 Å². The van der Waals surface area contributed by atoms with Crippen LogP contribution < -0.4 is 0 Å². The molecule has 5 nitrogen and oxygen atoms in total. The maximum Gasteiger partial charge on any atom is 0.223 e. The van der Waals surface area contributed by atoms with Crippen LogP contribution in [0.25, 0.3) is 0 Å². The molecule has 0 unspecified atom stereocenters. The molecule has 138 valence electrons. The monoisotopic (exact) mass is 353 g/mol. The number of hydrogen-bond acceptors (Lipinski definition) is 4. The molecule has 0 spiro atoms. The minimum atomic E-state index is 0.324. The Morgan fingerprint density at radius 1 is 1.19 bits per heavy atom. The van der Waals surface area contributed by atoms with E-state index in [-0.39, 0.29) is 0 Å². The Bertz CT molecular complexity index is 762. The summed E-state index contributed by atoms with van der Waals surface area (Å²) >= 11 is 0. The maximum absolute atomic E-state index is 12.7. The number of carbonyl (C=O) groups is 1. The smallest absolute Gasteiger partial charge is 0.223 e. The number of likely N-dealkylation sites (tertiary alicyclic amines) is 1. The SMILES string of the molecule is Cc1cc(CN2CCC(CC(=O)N3CCc4ccccc4C3)CC2)no1. The Morgan fingerprint density at radius 3 is 2.69 bits per heavy atom. The summed E-state index contributed by atoms with van der Waals surface area (Å²) in [6.07, 6.45) is 3.86. The minimum Gasteiger partial charge on any atom is -0.361 e. The number of rotatable bonds is 4. The van der Waals surface area contributed by atoms with E-state index in [0.29, 0.717) is 18.2 Å². The zero-order valence-electron chi connectivity index (χ0n) is 15.5. The summed E-state index contributed by atoms with van der Waals surface area (Å²) in [5.41, 5.74) is 3.71. The lowest BCUT2D eigenvalue weighted by atomic mass is 9.92. The highest BCUT2D eigenvalue weighted by Crippen LogP contribution is 2.25. The molecule has 0 saturated carbocycles. The largest absolute Gasteiger partial charge is 0.361 e. The fourth-order valence-corrected chi connectivity index (χ4v) is 4.15. The van der Waals surface area contributed by atoms with Crippen molar-refractivity contribution >= 4 is 5.91 Å². The van der Waals surface area contributed by atoms with Gasteiger partial charge in [-0.15, -0.1) is 0 Å². The van der Waals surface area contributed by atoms with E-state index in [1.165, 1.54) is 11.1 Å². The van der Waals surface area contributed by atoms with Gasteiger partial charge < -0.3 is 9.42 Å². The summed E-state index contributed by atoms with van der Waals surface area (Å²) in [4.78, 5) is 17.2. The third-order valence-electron chi connectivity index (χ3n) is 5.72. The molecule has 4 rings (SSSR count). The van der Waals surface area contributed by atoms with E-state index < -0.39 is 0 Å². The van der Waals surface area contributed by atoms with Crippen molar-refractivity contribution in [3.05, 3.63) is 52.9 Å². The first-order chi connectivity index (χ1) is 12.7. The summed E-state index contributed by atoms with van der Waals surface area (Å²) in [6.45, 7) is 6.48. The topological polar surface area (TPSA) is 49.6 Å². The van der Waals surface area contributed by atoms with Crippen molar-refractivity contribution in [2.24, 2.45) is 5.92 Å². The molecule has 0 bridgehead atoms. The van der Waals surface area contributed by atoms with Crippen LogP contribution in [0.4, 0.5) is 0 Å². The van der Waals surface area contributed by atoms with E-state index >= 15 is 0 Å². The molecule has 1 aromatic heterocycles. The van der Waals surface area contributed by atoms with Crippen LogP contribution >= 0.6 is 0 Å². The summed E-state index contributed by atoms with van der Waals surface area (Å²) in [5.74, 6) is 1.70. The molecule has 1 aromatic carbocycles. The Kier molecular flexibility index (Phi) is 5.07. The molecule has 1 saturated heterocycles. The average Bonchev–Trinajstić information content (AvgIpc) is 3.07. The third-order valence-corrected chi connectivity index (χ3v) is 5.72. The van der Waals surface area contributed by atoms with E-state index in [0.717, 1.165) is 63.4 Å². The molecule has 3 heterocycles. The van der Waals surface area contributed by atoms with Gasteiger partial charge in [-0.25, -0.2) is 0 Å². The minimum absolute atomic E-state index is 0.324. The summed E-state index contributed by atoms with van der Waals surface area (Å²) in [5, 5.41) is 4.08. The van der Waals surface area contributed by atoms with Crippen molar-refractivity contribution in [3.63, 3.8) is 0 Å². The van der Waals surface area contributed by atoms with Gasteiger partial charge in [-0.3, -0.25) is 9.69 Å². The number of carbonyl (C=O) groups excluding carboxylic acids is 1. The fourth-order valence-electron chi connectivity index (χ4n) is 4.15. The Hall–Kier alpha value is -2.14. The number of benzene rings is 1. The number of amides is 1. The number of fused-ring (bicyclic) bond motifs is 1. The normalized spacial score (nSPS) is 18.7. The standard InChI is InChI=1S/C21H27N3O2/c1-16-12-20(22-26-16)15-23-9-6-17(7-10-23)13-21(25)24-11-8-18-4-2-3-5-19(18)14-24/h2-5,12,17H,6-11,13-15H2,1H3. The van der Waals surface area contributed by atoms with Gasteiger partial charge in [0.25, 0.3) is 0 Å². The first-order valence-corrected chi connectivity index (χ1v) is 9.66. The molecule has 0 aliphatic carbocycles. The zero-order valence-corrected chi connectivity index (χ0v) is 15.5. The number of hydrogen-bond donors (Lipinski definition) is 0. The number of aromatic nitrogens is 1. The molecule has 1 amide bonds. The van der Waals surface area contributed by atoms with Crippen LogP contribution in [0.2, 0.25) is 0 Å². The van der Waals surface area contributed by atoms with Crippen LogP contribution in [0, 0.1) is 12.8 Å². The highest BCUT2D eigenvalue weighted by Gasteiger charge is 2.26. The molecule has 5 heteroatoms. The Morgan fingerprint density at radius 2 is 1.96 bits per heavy atom. The van der Waals surface area contributed by atoms with Gasteiger partial charge in [0.05, 0.1) is 5.69 Å². The molecule has 2 aliphatic heterocycles. The number of piperidine rings is 1. The molecule has 0 radical (unpaired) electrons. The lowest BCUT2D eigenvalue weighted by Crippen LogP contribution is -2.39. The number of nitrogens with zero attached hydrogens (tertiary/aromatic N) is 3. The van der Waals surface area contributed by atoms with Gasteiger partial charge in [0.15, 0.2) is 0 Å². The molecule has 26 heavy (non-hydrogen) atoms. The quantitative estimate of drug-likeness (QED) is 0.847. The van der Waals surface area contributed by atoms with Crippen LogP contribution in [0.3, 0.4) is 0 Å².